The molecule has 0 saturated carbocycles. The van der Waals surface area contributed by atoms with Crippen molar-refractivity contribution < 1.29 is 19.4 Å². The molecule has 0 atom stereocenters. The highest BCUT2D eigenvalue weighted by Crippen LogP contribution is 2.27. The van der Waals surface area contributed by atoms with Crippen molar-refractivity contribution in [3.05, 3.63) is 86.3 Å². The third-order valence-electron chi connectivity index (χ3n) is 6.27. The molecular weight excluding hydrogens is 470 g/mol. The minimum atomic E-state index is -0.988. The van der Waals surface area contributed by atoms with Gasteiger partial charge in [-0.2, -0.15) is 0 Å². The van der Waals surface area contributed by atoms with Crippen molar-refractivity contribution in [3.63, 3.8) is 0 Å². The number of pyridine rings is 1. The van der Waals surface area contributed by atoms with E-state index in [0.717, 1.165) is 29.6 Å². The number of morpholine rings is 1. The maximum Gasteiger partial charge on any atom is 0.309 e. The number of nitrogens with zero attached hydrogens (tertiary/aromatic N) is 2. The van der Waals surface area contributed by atoms with Crippen LogP contribution in [-0.2, 0) is 29.0 Å². The molecule has 180 valence electrons. The van der Waals surface area contributed by atoms with Crippen LogP contribution in [0.2, 0.25) is 5.02 Å². The van der Waals surface area contributed by atoms with E-state index in [9.17, 15) is 19.5 Å². The number of rotatable bonds is 7. The van der Waals surface area contributed by atoms with Crippen LogP contribution in [0.15, 0.2) is 53.5 Å². The monoisotopic (exact) mass is 493 g/mol. The number of carboxylic acid groups (broad SMARTS) is 1. The highest BCUT2D eigenvalue weighted by atomic mass is 35.5. The number of hydrogen-bond donors (Lipinski definition) is 2. The van der Waals surface area contributed by atoms with Gasteiger partial charge in [0.2, 0.25) is 5.43 Å². The minimum Gasteiger partial charge on any atom is -0.481 e. The standard InChI is InChI=1S/C26H24ClN3O5/c27-19-3-1-16(2-4-19)13-28-26(34)22-15-30-20(12-23(31)32)11-18-9-17(10-21(24(18)30)25(22)33)14-29-5-7-35-8-6-29/h1-4,9-11,15H,5-8,12-14H2,(H,28,34)(H,31,32). The average Bonchev–Trinajstić information content (AvgIpc) is 3.17. The summed E-state index contributed by atoms with van der Waals surface area (Å²) < 4.78 is 7.09. The van der Waals surface area contributed by atoms with Crippen molar-refractivity contribution >= 4 is 39.8 Å². The Labute approximate surface area is 206 Å². The predicted octanol–water partition coefficient (Wildman–Crippen LogP) is 2.93. The lowest BCUT2D eigenvalue weighted by Gasteiger charge is -2.26. The number of amides is 1. The summed E-state index contributed by atoms with van der Waals surface area (Å²) in [6.45, 7) is 3.78. The smallest absolute Gasteiger partial charge is 0.309 e. The molecule has 0 bridgehead atoms. The second kappa shape index (κ2) is 9.65. The van der Waals surface area contributed by atoms with E-state index in [-0.39, 0.29) is 24.0 Å². The highest BCUT2D eigenvalue weighted by molar-refractivity contribution is 6.30. The number of aromatic nitrogens is 1. The van der Waals surface area contributed by atoms with Crippen LogP contribution in [0, 0.1) is 0 Å². The Hall–Kier alpha value is -3.46. The lowest BCUT2D eigenvalue weighted by atomic mass is 10.0. The first-order valence-electron chi connectivity index (χ1n) is 11.4. The molecule has 0 aliphatic carbocycles. The molecule has 2 N–H and O–H groups in total. The zero-order valence-corrected chi connectivity index (χ0v) is 19.7. The summed E-state index contributed by atoms with van der Waals surface area (Å²) in [7, 11) is 0. The molecule has 0 unspecified atom stereocenters. The van der Waals surface area contributed by atoms with Gasteiger partial charge in [0.25, 0.3) is 5.91 Å². The minimum absolute atomic E-state index is 0.0286. The Bertz CT molecular complexity index is 1460. The van der Waals surface area contributed by atoms with Gasteiger partial charge in [0, 0.05) is 53.9 Å². The number of nitrogens with one attached hydrogen (secondary N) is 1. The second-order valence-electron chi connectivity index (χ2n) is 8.73. The summed E-state index contributed by atoms with van der Waals surface area (Å²) in [6, 6.07) is 12.7. The Kier molecular flexibility index (Phi) is 6.42. The molecule has 1 aliphatic rings. The zero-order chi connectivity index (χ0) is 24.5. The number of carbonyl (C=O) groups excluding carboxylic acids is 1. The Morgan fingerprint density at radius 1 is 1.06 bits per heavy atom. The van der Waals surface area contributed by atoms with Gasteiger partial charge < -0.3 is 19.6 Å². The molecule has 5 rings (SSSR count). The van der Waals surface area contributed by atoms with Crippen LogP contribution in [0.3, 0.4) is 0 Å². The van der Waals surface area contributed by atoms with Crippen LogP contribution in [0.1, 0.15) is 27.2 Å². The number of hydrogen-bond acceptors (Lipinski definition) is 5. The van der Waals surface area contributed by atoms with Gasteiger partial charge in [-0.1, -0.05) is 23.7 Å². The van der Waals surface area contributed by atoms with Crippen LogP contribution in [0.4, 0.5) is 0 Å². The first kappa shape index (κ1) is 23.3. The Balaban J connectivity index is 1.55. The average molecular weight is 494 g/mol. The zero-order valence-electron chi connectivity index (χ0n) is 18.9. The first-order valence-corrected chi connectivity index (χ1v) is 11.7. The van der Waals surface area contributed by atoms with Gasteiger partial charge in [0.05, 0.1) is 25.2 Å². The van der Waals surface area contributed by atoms with Gasteiger partial charge in [0.1, 0.15) is 5.56 Å². The molecule has 35 heavy (non-hydrogen) atoms. The van der Waals surface area contributed by atoms with Crippen molar-refractivity contribution in [3.8, 4) is 0 Å². The molecule has 1 saturated heterocycles. The topological polar surface area (TPSA) is 100 Å². The fraction of sp³-hybridized carbons (Fsp3) is 0.269. The lowest BCUT2D eigenvalue weighted by molar-refractivity contribution is -0.136. The van der Waals surface area contributed by atoms with E-state index in [1.165, 1.54) is 6.20 Å². The van der Waals surface area contributed by atoms with E-state index in [0.29, 0.717) is 41.4 Å². The summed E-state index contributed by atoms with van der Waals surface area (Å²) in [5.74, 6) is -1.50. The van der Waals surface area contributed by atoms with E-state index in [1.807, 2.05) is 12.1 Å². The van der Waals surface area contributed by atoms with Gasteiger partial charge in [-0.05, 0) is 41.5 Å². The number of carboxylic acids is 1. The summed E-state index contributed by atoms with van der Waals surface area (Å²) in [5, 5.41) is 14.0. The Morgan fingerprint density at radius 3 is 2.51 bits per heavy atom. The molecule has 2 aromatic carbocycles. The summed E-state index contributed by atoms with van der Waals surface area (Å²) in [5.41, 5.74) is 2.51. The van der Waals surface area contributed by atoms with Crippen LogP contribution >= 0.6 is 11.6 Å². The normalized spacial score (nSPS) is 14.5. The fourth-order valence-electron chi connectivity index (χ4n) is 4.59. The van der Waals surface area contributed by atoms with Crippen LogP contribution in [0.25, 0.3) is 16.3 Å². The van der Waals surface area contributed by atoms with Crippen molar-refractivity contribution in [2.45, 2.75) is 19.5 Å². The molecule has 3 heterocycles. The summed E-state index contributed by atoms with van der Waals surface area (Å²) in [6.07, 6.45) is 1.23. The molecular formula is C26H24ClN3O5. The van der Waals surface area contributed by atoms with Crippen molar-refractivity contribution in [1.82, 2.24) is 14.6 Å². The number of carbonyl (C=O) groups is 2. The van der Waals surface area contributed by atoms with Crippen LogP contribution < -0.4 is 10.7 Å². The summed E-state index contributed by atoms with van der Waals surface area (Å²) in [4.78, 5) is 40.3. The van der Waals surface area contributed by atoms with E-state index < -0.39 is 11.9 Å². The Morgan fingerprint density at radius 2 is 1.80 bits per heavy atom. The fourth-order valence-corrected chi connectivity index (χ4v) is 4.71. The SMILES string of the molecule is O=C(O)Cc1cc2cc(CN3CCOCC3)cc3c(=O)c(C(=O)NCc4ccc(Cl)cc4)cn1c23. The maximum absolute atomic E-state index is 13.5. The number of ether oxygens (including phenoxy) is 1. The predicted molar refractivity (Wildman–Crippen MR) is 132 cm³/mol. The van der Waals surface area contributed by atoms with Gasteiger partial charge >= 0.3 is 5.97 Å². The summed E-state index contributed by atoms with van der Waals surface area (Å²) >= 11 is 5.92. The molecule has 1 aliphatic heterocycles. The molecule has 0 radical (unpaired) electrons. The van der Waals surface area contributed by atoms with Crippen LogP contribution in [-0.4, -0.2) is 52.6 Å². The lowest BCUT2D eigenvalue weighted by Crippen LogP contribution is -2.35. The van der Waals surface area contributed by atoms with Crippen molar-refractivity contribution in [2.24, 2.45) is 0 Å². The largest absolute Gasteiger partial charge is 0.481 e. The van der Waals surface area contributed by atoms with E-state index in [1.54, 1.807) is 34.7 Å². The molecule has 9 heteroatoms. The molecule has 0 spiro atoms. The molecule has 8 nitrogen and oxygen atoms in total. The van der Waals surface area contributed by atoms with Gasteiger partial charge in [0.15, 0.2) is 0 Å². The van der Waals surface area contributed by atoms with Crippen LogP contribution in [0.5, 0.6) is 0 Å². The van der Waals surface area contributed by atoms with Gasteiger partial charge in [-0.25, -0.2) is 0 Å². The van der Waals surface area contributed by atoms with Crippen molar-refractivity contribution in [1.29, 1.82) is 0 Å². The number of benzene rings is 2. The second-order valence-corrected chi connectivity index (χ2v) is 9.16. The number of aliphatic carboxylic acids is 1. The van der Waals surface area contributed by atoms with Crippen molar-refractivity contribution in [2.75, 3.05) is 26.3 Å². The molecule has 4 aromatic rings. The highest BCUT2D eigenvalue weighted by Gasteiger charge is 2.21. The van der Waals surface area contributed by atoms with Gasteiger partial charge in [-0.15, -0.1) is 0 Å². The third-order valence-corrected chi connectivity index (χ3v) is 6.52. The first-order chi connectivity index (χ1) is 16.9. The maximum atomic E-state index is 13.5. The number of halogens is 1. The van der Waals surface area contributed by atoms with E-state index in [2.05, 4.69) is 10.2 Å². The quantitative estimate of drug-likeness (QED) is 0.410. The van der Waals surface area contributed by atoms with E-state index >= 15 is 0 Å². The molecule has 1 fully saturated rings. The molecule has 1 amide bonds. The van der Waals surface area contributed by atoms with E-state index in [4.69, 9.17) is 16.3 Å². The van der Waals surface area contributed by atoms with Gasteiger partial charge in [-0.3, -0.25) is 19.3 Å². The molecule has 2 aromatic heterocycles. The third kappa shape index (κ3) is 4.86.